The highest BCUT2D eigenvalue weighted by atomic mass is 14.8. The first-order valence-corrected chi connectivity index (χ1v) is 17.3. The Balaban J connectivity index is 0.926. The quantitative estimate of drug-likeness (QED) is 0.171. The van der Waals surface area contributed by atoms with Crippen molar-refractivity contribution in [2.75, 3.05) is 0 Å². The van der Waals surface area contributed by atoms with Crippen molar-refractivity contribution in [1.29, 1.82) is 0 Å². The van der Waals surface area contributed by atoms with Crippen LogP contribution in [0.1, 0.15) is 0 Å². The molecule has 0 unspecified atom stereocenters. The minimum atomic E-state index is 0.905. The largest absolute Gasteiger partial charge is 0.264 e. The van der Waals surface area contributed by atoms with Gasteiger partial charge in [-0.05, 0) is 71.8 Å². The van der Waals surface area contributed by atoms with Gasteiger partial charge >= 0.3 is 0 Å². The Morgan fingerprint density at radius 2 is 0.712 bits per heavy atom. The van der Waals surface area contributed by atoms with Crippen LogP contribution < -0.4 is 0 Å². The van der Waals surface area contributed by atoms with Gasteiger partial charge in [-0.2, -0.15) is 0 Å². The van der Waals surface area contributed by atoms with Crippen molar-refractivity contribution in [3.63, 3.8) is 0 Å². The number of benzene rings is 5. The minimum Gasteiger partial charge on any atom is -0.264 e. The molecule has 0 atom stereocenters. The molecule has 0 N–H and O–H groups in total. The topological polar surface area (TPSA) is 64.5 Å². The molecule has 0 fully saturated rings. The second kappa shape index (κ2) is 12.3. The summed E-state index contributed by atoms with van der Waals surface area (Å²) in [7, 11) is 0. The molecule has 0 bridgehead atoms. The Hall–Kier alpha value is -7.11. The molecule has 0 aliphatic rings. The fourth-order valence-corrected chi connectivity index (χ4v) is 6.96. The molecule has 5 aromatic carbocycles. The SMILES string of the molecule is c1ccc(-c2ccc3ccc4ccc(-c5ccc(-c6ccc7cc(-c8ccc9nc(-c%10cccnc%10)ccc9c8)ccc7n6)cc5)nc4c3n2)cc1. The summed E-state index contributed by atoms with van der Waals surface area (Å²) < 4.78 is 0. The third-order valence-corrected chi connectivity index (χ3v) is 9.73. The lowest BCUT2D eigenvalue weighted by Crippen LogP contribution is -1.91. The molecule has 10 rings (SSSR count). The maximum atomic E-state index is 5.13. The van der Waals surface area contributed by atoms with E-state index in [1.807, 2.05) is 36.5 Å². The second-order valence-corrected chi connectivity index (χ2v) is 13.0. The van der Waals surface area contributed by atoms with Crippen LogP contribution in [-0.2, 0) is 0 Å². The molecule has 10 aromatic rings. The number of fused-ring (bicyclic) bond motifs is 5. The summed E-state index contributed by atoms with van der Waals surface area (Å²) >= 11 is 0. The molecule has 0 aliphatic heterocycles. The van der Waals surface area contributed by atoms with Crippen LogP contribution in [-0.4, -0.2) is 24.9 Å². The minimum absolute atomic E-state index is 0.905. The molecule has 5 heteroatoms. The molecule has 0 aliphatic carbocycles. The summed E-state index contributed by atoms with van der Waals surface area (Å²) in [6.45, 7) is 0. The summed E-state index contributed by atoms with van der Waals surface area (Å²) in [6, 6.07) is 56.8. The zero-order valence-corrected chi connectivity index (χ0v) is 28.0. The van der Waals surface area contributed by atoms with Gasteiger partial charge in [-0.1, -0.05) is 103 Å². The Kier molecular flexibility index (Phi) is 7.07. The zero-order chi connectivity index (χ0) is 34.4. The first-order valence-electron chi connectivity index (χ1n) is 17.3. The predicted molar refractivity (Wildman–Crippen MR) is 213 cm³/mol. The molecular formula is C47H29N5. The van der Waals surface area contributed by atoms with Crippen molar-refractivity contribution in [1.82, 2.24) is 24.9 Å². The van der Waals surface area contributed by atoms with Crippen LogP contribution in [0.25, 0.3) is 99.8 Å². The van der Waals surface area contributed by atoms with E-state index in [1.165, 1.54) is 0 Å². The molecular weight excluding hydrogens is 635 g/mol. The van der Waals surface area contributed by atoms with E-state index in [4.69, 9.17) is 19.9 Å². The zero-order valence-electron chi connectivity index (χ0n) is 28.0. The third kappa shape index (κ3) is 5.42. The van der Waals surface area contributed by atoms with Gasteiger partial charge in [0, 0.05) is 56.2 Å². The summed E-state index contributed by atoms with van der Waals surface area (Å²) in [5.74, 6) is 0. The Labute approximate surface area is 300 Å². The molecule has 52 heavy (non-hydrogen) atoms. The van der Waals surface area contributed by atoms with Gasteiger partial charge in [0.1, 0.15) is 0 Å². The number of rotatable bonds is 5. The fourth-order valence-electron chi connectivity index (χ4n) is 6.96. The van der Waals surface area contributed by atoms with E-state index < -0.39 is 0 Å². The molecule has 5 aromatic heterocycles. The molecule has 5 nitrogen and oxygen atoms in total. The van der Waals surface area contributed by atoms with Crippen LogP contribution in [0.3, 0.4) is 0 Å². The van der Waals surface area contributed by atoms with Gasteiger partial charge in [-0.15, -0.1) is 0 Å². The number of hydrogen-bond donors (Lipinski definition) is 0. The van der Waals surface area contributed by atoms with Gasteiger partial charge in [0.05, 0.1) is 44.8 Å². The Morgan fingerprint density at radius 3 is 1.23 bits per heavy atom. The lowest BCUT2D eigenvalue weighted by molar-refractivity contribution is 1.30. The lowest BCUT2D eigenvalue weighted by Gasteiger charge is -2.09. The van der Waals surface area contributed by atoms with E-state index in [9.17, 15) is 0 Å². The van der Waals surface area contributed by atoms with Crippen molar-refractivity contribution in [2.24, 2.45) is 0 Å². The molecule has 5 heterocycles. The molecule has 0 saturated carbocycles. The van der Waals surface area contributed by atoms with Crippen molar-refractivity contribution < 1.29 is 0 Å². The van der Waals surface area contributed by atoms with Crippen LogP contribution in [0.15, 0.2) is 176 Å². The van der Waals surface area contributed by atoms with E-state index in [0.29, 0.717) is 0 Å². The number of nitrogens with zero attached hydrogens (tertiary/aromatic N) is 5. The highest BCUT2D eigenvalue weighted by molar-refractivity contribution is 6.04. The van der Waals surface area contributed by atoms with Crippen molar-refractivity contribution in [3.8, 4) is 56.2 Å². The van der Waals surface area contributed by atoms with Gasteiger partial charge in [0.15, 0.2) is 0 Å². The van der Waals surface area contributed by atoms with Crippen molar-refractivity contribution >= 4 is 43.6 Å². The van der Waals surface area contributed by atoms with Gasteiger partial charge < -0.3 is 0 Å². The van der Waals surface area contributed by atoms with Crippen molar-refractivity contribution in [3.05, 3.63) is 176 Å². The standard InChI is InChI=1S/C47H29N5/c1-2-5-30(6-3-1)41-20-14-33-12-13-34-15-21-42(52-47(34)46(33)51-41)32-10-8-31(9-11-32)40-24-18-37-27-35(16-22-43(37)49-40)36-17-23-44-38(28-36)19-25-45(50-44)39-7-4-26-48-29-39/h1-29H. The number of pyridine rings is 5. The first-order chi connectivity index (χ1) is 25.7. The monoisotopic (exact) mass is 663 g/mol. The number of hydrogen-bond acceptors (Lipinski definition) is 5. The van der Waals surface area contributed by atoms with E-state index in [-0.39, 0.29) is 0 Å². The molecule has 0 radical (unpaired) electrons. The van der Waals surface area contributed by atoms with Crippen LogP contribution in [0.2, 0.25) is 0 Å². The van der Waals surface area contributed by atoms with E-state index in [0.717, 1.165) is 99.8 Å². The average Bonchev–Trinajstić information content (AvgIpc) is 3.23. The summed E-state index contributed by atoms with van der Waals surface area (Å²) in [6.07, 6.45) is 3.62. The maximum absolute atomic E-state index is 5.13. The summed E-state index contributed by atoms with van der Waals surface area (Å²) in [5, 5.41) is 4.34. The van der Waals surface area contributed by atoms with E-state index >= 15 is 0 Å². The fraction of sp³-hybridized carbons (Fsp3) is 0. The van der Waals surface area contributed by atoms with Gasteiger partial charge in [0.25, 0.3) is 0 Å². The molecule has 0 spiro atoms. The Bertz CT molecular complexity index is 2940. The summed E-state index contributed by atoms with van der Waals surface area (Å²) in [5.41, 5.74) is 13.9. The highest BCUT2D eigenvalue weighted by Gasteiger charge is 2.11. The third-order valence-electron chi connectivity index (χ3n) is 9.73. The predicted octanol–water partition coefficient (Wildman–Crippen LogP) is 11.6. The maximum Gasteiger partial charge on any atom is 0.0972 e. The molecule has 242 valence electrons. The lowest BCUT2D eigenvalue weighted by atomic mass is 10.00. The van der Waals surface area contributed by atoms with Crippen molar-refractivity contribution in [2.45, 2.75) is 0 Å². The van der Waals surface area contributed by atoms with Crippen LogP contribution in [0, 0.1) is 0 Å². The summed E-state index contributed by atoms with van der Waals surface area (Å²) in [4.78, 5) is 24.3. The van der Waals surface area contributed by atoms with Crippen LogP contribution >= 0.6 is 0 Å². The van der Waals surface area contributed by atoms with Gasteiger partial charge in [-0.25, -0.2) is 19.9 Å². The first kappa shape index (κ1) is 29.8. The second-order valence-electron chi connectivity index (χ2n) is 13.0. The van der Waals surface area contributed by atoms with E-state index in [2.05, 4.69) is 138 Å². The normalized spacial score (nSPS) is 11.5. The van der Waals surface area contributed by atoms with E-state index in [1.54, 1.807) is 6.20 Å². The number of aromatic nitrogens is 5. The highest BCUT2D eigenvalue weighted by Crippen LogP contribution is 2.32. The smallest absolute Gasteiger partial charge is 0.0972 e. The average molecular weight is 664 g/mol. The Morgan fingerprint density at radius 1 is 0.288 bits per heavy atom. The molecule has 0 saturated heterocycles. The van der Waals surface area contributed by atoms with Crippen LogP contribution in [0.4, 0.5) is 0 Å². The van der Waals surface area contributed by atoms with Gasteiger partial charge in [-0.3, -0.25) is 4.98 Å². The van der Waals surface area contributed by atoms with Crippen LogP contribution in [0.5, 0.6) is 0 Å². The molecule has 0 amide bonds. The van der Waals surface area contributed by atoms with Gasteiger partial charge in [0.2, 0.25) is 0 Å².